The maximum absolute atomic E-state index is 13.1. The second-order valence-electron chi connectivity index (χ2n) is 6.71. The summed E-state index contributed by atoms with van der Waals surface area (Å²) in [5.41, 5.74) is 1.48. The lowest BCUT2D eigenvalue weighted by molar-refractivity contribution is 0.0984. The van der Waals surface area contributed by atoms with E-state index in [0.717, 1.165) is 16.7 Å². The van der Waals surface area contributed by atoms with Crippen LogP contribution in [0.15, 0.2) is 65.6 Å². The zero-order valence-electron chi connectivity index (χ0n) is 15.7. The summed E-state index contributed by atoms with van der Waals surface area (Å²) in [6.07, 6.45) is 1.15. The largest absolute Gasteiger partial charge is 0.305 e. The Morgan fingerprint density at radius 2 is 1.57 bits per heavy atom. The zero-order valence-corrected chi connectivity index (χ0v) is 17.4. The quantitative estimate of drug-likeness (QED) is 0.586. The van der Waals surface area contributed by atoms with Gasteiger partial charge in [0.05, 0.1) is 9.77 Å². The molecule has 3 rings (SSSR count). The van der Waals surface area contributed by atoms with Crippen LogP contribution in [-0.4, -0.2) is 26.6 Å². The van der Waals surface area contributed by atoms with E-state index in [0.29, 0.717) is 10.6 Å². The number of nitrogens with zero attached hydrogens (tertiary/aromatic N) is 1. The molecule has 0 radical (unpaired) electrons. The Morgan fingerprint density at radius 3 is 2.11 bits per heavy atom. The van der Waals surface area contributed by atoms with Crippen molar-refractivity contribution < 1.29 is 17.6 Å². The van der Waals surface area contributed by atoms with Gasteiger partial charge < -0.3 is 4.90 Å². The molecule has 0 unspecified atom stereocenters. The van der Waals surface area contributed by atoms with Crippen LogP contribution in [0.3, 0.4) is 0 Å². The van der Waals surface area contributed by atoms with Crippen molar-refractivity contribution >= 4 is 32.8 Å². The van der Waals surface area contributed by atoms with Crippen LogP contribution >= 0.6 is 11.3 Å². The van der Waals surface area contributed by atoms with Crippen molar-refractivity contribution in [2.45, 2.75) is 24.8 Å². The van der Waals surface area contributed by atoms with E-state index in [1.807, 2.05) is 19.9 Å². The van der Waals surface area contributed by atoms with E-state index in [2.05, 4.69) is 0 Å². The standard InChI is InChI=1S/C21H20FNO3S2/c1-14(2)23(17-8-10-18(11-9-17)28(3,25)26)21(24)20-13-12-19(27-20)15-4-6-16(22)7-5-15/h4-14H,1-3H3. The summed E-state index contributed by atoms with van der Waals surface area (Å²) < 4.78 is 36.4. The fourth-order valence-corrected chi connectivity index (χ4v) is 4.42. The predicted octanol–water partition coefficient (Wildman–Crippen LogP) is 5.01. The molecule has 0 saturated heterocycles. The van der Waals surface area contributed by atoms with Crippen LogP contribution < -0.4 is 4.90 Å². The number of thiophene rings is 1. The number of rotatable bonds is 5. The number of sulfone groups is 1. The lowest BCUT2D eigenvalue weighted by Gasteiger charge is -2.26. The van der Waals surface area contributed by atoms with Gasteiger partial charge in [0.2, 0.25) is 0 Å². The predicted molar refractivity (Wildman–Crippen MR) is 111 cm³/mol. The summed E-state index contributed by atoms with van der Waals surface area (Å²) in [6.45, 7) is 3.80. The van der Waals surface area contributed by atoms with Crippen LogP contribution in [0, 0.1) is 5.82 Å². The summed E-state index contributed by atoms with van der Waals surface area (Å²) in [5, 5.41) is 0. The van der Waals surface area contributed by atoms with Crippen molar-refractivity contribution in [2.75, 3.05) is 11.2 Å². The Kier molecular flexibility index (Phi) is 5.67. The van der Waals surface area contributed by atoms with Gasteiger partial charge in [-0.3, -0.25) is 4.79 Å². The van der Waals surface area contributed by atoms with E-state index in [1.165, 1.54) is 35.6 Å². The first-order valence-electron chi connectivity index (χ1n) is 8.66. The molecule has 0 aliphatic carbocycles. The molecular formula is C21H20FNO3S2. The maximum Gasteiger partial charge on any atom is 0.268 e. The van der Waals surface area contributed by atoms with Crippen molar-refractivity contribution in [1.29, 1.82) is 0 Å². The molecule has 28 heavy (non-hydrogen) atoms. The second kappa shape index (κ2) is 7.85. The molecule has 1 amide bonds. The first-order valence-corrected chi connectivity index (χ1v) is 11.4. The van der Waals surface area contributed by atoms with Crippen LogP contribution in [0.25, 0.3) is 10.4 Å². The van der Waals surface area contributed by atoms with Gasteiger partial charge in [-0.1, -0.05) is 12.1 Å². The second-order valence-corrected chi connectivity index (χ2v) is 9.81. The third kappa shape index (κ3) is 4.31. The van der Waals surface area contributed by atoms with Gasteiger partial charge in [0.1, 0.15) is 5.82 Å². The number of carbonyl (C=O) groups is 1. The molecule has 0 bridgehead atoms. The first kappa shape index (κ1) is 20.2. The van der Waals surface area contributed by atoms with E-state index in [1.54, 1.807) is 35.2 Å². The number of halogens is 1. The summed E-state index contributed by atoms with van der Waals surface area (Å²) in [6, 6.07) is 15.9. The molecule has 0 aliphatic heterocycles. The monoisotopic (exact) mass is 417 g/mol. The van der Waals surface area contributed by atoms with Gasteiger partial charge >= 0.3 is 0 Å². The van der Waals surface area contributed by atoms with Crippen LogP contribution in [-0.2, 0) is 9.84 Å². The molecule has 4 nitrogen and oxygen atoms in total. The van der Waals surface area contributed by atoms with E-state index in [-0.39, 0.29) is 22.7 Å². The molecule has 146 valence electrons. The third-order valence-corrected chi connectivity index (χ3v) is 6.47. The summed E-state index contributed by atoms with van der Waals surface area (Å²) in [5.74, 6) is -0.472. The molecule has 7 heteroatoms. The normalized spacial score (nSPS) is 11.6. The number of carbonyl (C=O) groups excluding carboxylic acids is 1. The lowest BCUT2D eigenvalue weighted by atomic mass is 10.2. The van der Waals surface area contributed by atoms with Crippen LogP contribution in [0.5, 0.6) is 0 Å². The number of hydrogen-bond donors (Lipinski definition) is 0. The minimum absolute atomic E-state index is 0.118. The molecule has 0 aliphatic rings. The first-order chi connectivity index (χ1) is 13.2. The molecule has 0 fully saturated rings. The Bertz CT molecular complexity index is 1090. The minimum Gasteiger partial charge on any atom is -0.305 e. The van der Waals surface area contributed by atoms with Gasteiger partial charge in [-0.05, 0) is 67.9 Å². The zero-order chi connectivity index (χ0) is 20.5. The van der Waals surface area contributed by atoms with E-state index < -0.39 is 9.84 Å². The summed E-state index contributed by atoms with van der Waals surface area (Å²) in [7, 11) is -3.30. The molecule has 1 heterocycles. The smallest absolute Gasteiger partial charge is 0.268 e. The number of anilines is 1. The molecule has 3 aromatic rings. The van der Waals surface area contributed by atoms with Gasteiger partial charge in [0.25, 0.3) is 5.91 Å². The highest BCUT2D eigenvalue weighted by Crippen LogP contribution is 2.31. The highest BCUT2D eigenvalue weighted by atomic mass is 32.2. The molecule has 0 N–H and O–H groups in total. The molecule has 0 atom stereocenters. The summed E-state index contributed by atoms with van der Waals surface area (Å²) >= 11 is 1.34. The van der Waals surface area contributed by atoms with Crippen molar-refractivity contribution in [2.24, 2.45) is 0 Å². The van der Waals surface area contributed by atoms with Crippen LogP contribution in [0.2, 0.25) is 0 Å². The molecular weight excluding hydrogens is 397 g/mol. The minimum atomic E-state index is -3.30. The van der Waals surface area contributed by atoms with Gasteiger partial charge in [-0.2, -0.15) is 0 Å². The third-order valence-electron chi connectivity index (χ3n) is 4.22. The van der Waals surface area contributed by atoms with Crippen molar-refractivity contribution in [3.05, 3.63) is 71.4 Å². The van der Waals surface area contributed by atoms with E-state index in [9.17, 15) is 17.6 Å². The number of benzene rings is 2. The molecule has 0 saturated carbocycles. The van der Waals surface area contributed by atoms with Crippen molar-refractivity contribution in [1.82, 2.24) is 0 Å². The topological polar surface area (TPSA) is 54.5 Å². The maximum atomic E-state index is 13.1. The summed E-state index contributed by atoms with van der Waals surface area (Å²) in [4.78, 5) is 16.4. The van der Waals surface area contributed by atoms with Crippen molar-refractivity contribution in [3.8, 4) is 10.4 Å². The van der Waals surface area contributed by atoms with Gasteiger partial charge in [-0.15, -0.1) is 11.3 Å². The number of amides is 1. The Morgan fingerprint density at radius 1 is 0.964 bits per heavy atom. The highest BCUT2D eigenvalue weighted by molar-refractivity contribution is 7.90. The van der Waals surface area contributed by atoms with Crippen LogP contribution in [0.4, 0.5) is 10.1 Å². The number of hydrogen-bond acceptors (Lipinski definition) is 4. The average molecular weight is 418 g/mol. The highest BCUT2D eigenvalue weighted by Gasteiger charge is 2.23. The van der Waals surface area contributed by atoms with Crippen molar-refractivity contribution in [3.63, 3.8) is 0 Å². The SMILES string of the molecule is CC(C)N(C(=O)c1ccc(-c2ccc(F)cc2)s1)c1ccc(S(C)(=O)=O)cc1. The van der Waals surface area contributed by atoms with Gasteiger partial charge in [0, 0.05) is 22.9 Å². The molecule has 1 aromatic heterocycles. The van der Waals surface area contributed by atoms with E-state index >= 15 is 0 Å². The molecule has 0 spiro atoms. The molecule has 2 aromatic carbocycles. The Balaban J connectivity index is 1.91. The van der Waals surface area contributed by atoms with Gasteiger partial charge in [-0.25, -0.2) is 12.8 Å². The Labute approximate surface area is 168 Å². The lowest BCUT2D eigenvalue weighted by Crippen LogP contribution is -2.36. The van der Waals surface area contributed by atoms with Crippen LogP contribution in [0.1, 0.15) is 23.5 Å². The van der Waals surface area contributed by atoms with E-state index in [4.69, 9.17) is 0 Å². The average Bonchev–Trinajstić information content (AvgIpc) is 3.12. The van der Waals surface area contributed by atoms with Gasteiger partial charge in [0.15, 0.2) is 9.84 Å². The fourth-order valence-electron chi connectivity index (χ4n) is 2.84. The Hall–Kier alpha value is -2.51. The fraction of sp³-hybridized carbons (Fsp3) is 0.190.